The zero-order valence-electron chi connectivity index (χ0n) is 7.46. The summed E-state index contributed by atoms with van der Waals surface area (Å²) in [6.45, 7) is 4.91. The molecule has 0 aliphatic carbocycles. The van der Waals surface area contributed by atoms with Gasteiger partial charge in [-0.25, -0.2) is 0 Å². The predicted molar refractivity (Wildman–Crippen MR) is 49.7 cm³/mol. The second kappa shape index (κ2) is 4.10. The van der Waals surface area contributed by atoms with E-state index < -0.39 is 5.97 Å². The molecule has 1 atom stereocenters. The summed E-state index contributed by atoms with van der Waals surface area (Å²) < 4.78 is 0. The maximum absolute atomic E-state index is 10.6. The molecule has 1 fully saturated rings. The molecule has 1 rings (SSSR count). The van der Waals surface area contributed by atoms with Gasteiger partial charge in [-0.05, 0) is 33.2 Å². The maximum Gasteiger partial charge on any atom is 0.306 e. The van der Waals surface area contributed by atoms with Crippen LogP contribution in [0.2, 0.25) is 0 Å². The Morgan fingerprint density at radius 3 is 2.50 bits per heavy atom. The molecular formula is C8H16ClNO2. The van der Waals surface area contributed by atoms with Crippen molar-refractivity contribution in [3.63, 3.8) is 0 Å². The number of halogens is 1. The van der Waals surface area contributed by atoms with E-state index in [-0.39, 0.29) is 23.9 Å². The lowest BCUT2D eigenvalue weighted by Gasteiger charge is -2.34. The first-order valence-electron chi connectivity index (χ1n) is 3.99. The Morgan fingerprint density at radius 2 is 2.17 bits per heavy atom. The molecule has 0 radical (unpaired) electrons. The quantitative estimate of drug-likeness (QED) is 0.660. The lowest BCUT2D eigenvalue weighted by molar-refractivity contribution is -0.143. The van der Waals surface area contributed by atoms with Gasteiger partial charge in [-0.1, -0.05) is 0 Å². The molecule has 0 aromatic rings. The maximum atomic E-state index is 10.6. The van der Waals surface area contributed by atoms with Crippen molar-refractivity contribution >= 4 is 18.4 Å². The van der Waals surface area contributed by atoms with E-state index in [1.54, 1.807) is 0 Å². The molecule has 0 saturated carbocycles. The van der Waals surface area contributed by atoms with Crippen LogP contribution in [0.25, 0.3) is 0 Å². The van der Waals surface area contributed by atoms with Crippen LogP contribution in [0, 0.1) is 5.92 Å². The number of hydrogen-bond acceptors (Lipinski definition) is 2. The first kappa shape index (κ1) is 11.7. The fourth-order valence-corrected chi connectivity index (χ4v) is 1.59. The van der Waals surface area contributed by atoms with E-state index in [1.807, 2.05) is 13.8 Å². The Balaban J connectivity index is 0.00000121. The average molecular weight is 194 g/mol. The van der Waals surface area contributed by atoms with E-state index in [1.165, 1.54) is 0 Å². The predicted octanol–water partition coefficient (Wildman–Crippen LogP) is 1.27. The minimum Gasteiger partial charge on any atom is -0.481 e. The number of carboxylic acid groups (broad SMARTS) is 1. The molecule has 1 aliphatic heterocycles. The SMILES string of the molecule is CC1(C)CC(C(=O)O)CCN1.Cl. The fraction of sp³-hybridized carbons (Fsp3) is 0.875. The minimum absolute atomic E-state index is 0. The van der Waals surface area contributed by atoms with Crippen molar-refractivity contribution < 1.29 is 9.90 Å². The van der Waals surface area contributed by atoms with Crippen LogP contribution in [0.4, 0.5) is 0 Å². The van der Waals surface area contributed by atoms with Crippen LogP contribution < -0.4 is 5.32 Å². The van der Waals surface area contributed by atoms with Crippen molar-refractivity contribution in [2.45, 2.75) is 32.2 Å². The van der Waals surface area contributed by atoms with Crippen molar-refractivity contribution in [1.29, 1.82) is 0 Å². The van der Waals surface area contributed by atoms with Crippen LogP contribution in [0.15, 0.2) is 0 Å². The molecule has 1 heterocycles. The molecule has 0 amide bonds. The van der Waals surface area contributed by atoms with Crippen LogP contribution in [-0.2, 0) is 4.79 Å². The number of carboxylic acids is 1. The molecule has 0 aromatic heterocycles. The fourth-order valence-electron chi connectivity index (χ4n) is 1.59. The number of rotatable bonds is 1. The minimum atomic E-state index is -0.653. The van der Waals surface area contributed by atoms with Crippen LogP contribution in [0.1, 0.15) is 26.7 Å². The van der Waals surface area contributed by atoms with Crippen LogP contribution in [0.3, 0.4) is 0 Å². The zero-order chi connectivity index (χ0) is 8.48. The highest BCUT2D eigenvalue weighted by molar-refractivity contribution is 5.85. The Morgan fingerprint density at radius 1 is 1.58 bits per heavy atom. The summed E-state index contributed by atoms with van der Waals surface area (Å²) in [5.74, 6) is -0.800. The van der Waals surface area contributed by atoms with Gasteiger partial charge in [0.2, 0.25) is 0 Å². The Labute approximate surface area is 78.9 Å². The Kier molecular flexibility index (Phi) is 4.00. The molecule has 0 bridgehead atoms. The first-order valence-corrected chi connectivity index (χ1v) is 3.99. The van der Waals surface area contributed by atoms with Crippen molar-refractivity contribution in [1.82, 2.24) is 5.32 Å². The normalized spacial score (nSPS) is 27.3. The van der Waals surface area contributed by atoms with Gasteiger partial charge >= 0.3 is 5.97 Å². The molecule has 72 valence electrons. The summed E-state index contributed by atoms with van der Waals surface area (Å²) in [6, 6.07) is 0. The standard InChI is InChI=1S/C8H15NO2.ClH/c1-8(2)5-6(7(10)11)3-4-9-8;/h6,9H,3-5H2,1-2H3,(H,10,11);1H. The number of carbonyl (C=O) groups is 1. The number of hydrogen-bond donors (Lipinski definition) is 2. The second-order valence-corrected chi connectivity index (χ2v) is 3.84. The molecule has 0 aromatic carbocycles. The van der Waals surface area contributed by atoms with E-state index in [9.17, 15) is 4.79 Å². The molecular weight excluding hydrogens is 178 g/mol. The van der Waals surface area contributed by atoms with Gasteiger partial charge in [0.05, 0.1) is 5.92 Å². The molecule has 1 unspecified atom stereocenters. The Hall–Kier alpha value is -0.280. The summed E-state index contributed by atoms with van der Waals surface area (Å²) in [4.78, 5) is 10.6. The van der Waals surface area contributed by atoms with Gasteiger partial charge in [0.15, 0.2) is 0 Å². The molecule has 2 N–H and O–H groups in total. The van der Waals surface area contributed by atoms with Gasteiger partial charge in [0.25, 0.3) is 0 Å². The third-order valence-electron chi connectivity index (χ3n) is 2.20. The second-order valence-electron chi connectivity index (χ2n) is 3.84. The average Bonchev–Trinajstić information content (AvgIpc) is 1.85. The highest BCUT2D eigenvalue weighted by Gasteiger charge is 2.31. The number of piperidine rings is 1. The van der Waals surface area contributed by atoms with Gasteiger partial charge in [-0.2, -0.15) is 0 Å². The summed E-state index contributed by atoms with van der Waals surface area (Å²) in [5.41, 5.74) is 0.00130. The Bertz CT molecular complexity index is 170. The summed E-state index contributed by atoms with van der Waals surface area (Å²) >= 11 is 0. The van der Waals surface area contributed by atoms with Gasteiger partial charge in [-0.15, -0.1) is 12.4 Å². The van der Waals surface area contributed by atoms with Crippen LogP contribution in [0.5, 0.6) is 0 Å². The highest BCUT2D eigenvalue weighted by atomic mass is 35.5. The van der Waals surface area contributed by atoms with Crippen molar-refractivity contribution in [2.75, 3.05) is 6.54 Å². The molecule has 4 heteroatoms. The molecule has 1 saturated heterocycles. The lowest BCUT2D eigenvalue weighted by Crippen LogP contribution is -2.47. The topological polar surface area (TPSA) is 49.3 Å². The van der Waals surface area contributed by atoms with E-state index in [0.29, 0.717) is 0 Å². The van der Waals surface area contributed by atoms with Crippen LogP contribution >= 0.6 is 12.4 Å². The van der Waals surface area contributed by atoms with Crippen molar-refractivity contribution in [2.24, 2.45) is 5.92 Å². The van der Waals surface area contributed by atoms with Gasteiger partial charge < -0.3 is 10.4 Å². The van der Waals surface area contributed by atoms with Crippen LogP contribution in [-0.4, -0.2) is 23.2 Å². The first-order chi connectivity index (χ1) is 5.01. The number of nitrogens with one attached hydrogen (secondary N) is 1. The van der Waals surface area contributed by atoms with E-state index >= 15 is 0 Å². The number of aliphatic carboxylic acids is 1. The van der Waals surface area contributed by atoms with E-state index in [0.717, 1.165) is 19.4 Å². The smallest absolute Gasteiger partial charge is 0.306 e. The third kappa shape index (κ3) is 2.99. The highest BCUT2D eigenvalue weighted by Crippen LogP contribution is 2.23. The lowest BCUT2D eigenvalue weighted by atomic mass is 9.85. The zero-order valence-corrected chi connectivity index (χ0v) is 8.28. The van der Waals surface area contributed by atoms with Gasteiger partial charge in [0.1, 0.15) is 0 Å². The van der Waals surface area contributed by atoms with E-state index in [2.05, 4.69) is 5.32 Å². The van der Waals surface area contributed by atoms with Gasteiger partial charge in [0, 0.05) is 5.54 Å². The summed E-state index contributed by atoms with van der Waals surface area (Å²) in [6.07, 6.45) is 1.50. The molecule has 1 aliphatic rings. The monoisotopic (exact) mass is 193 g/mol. The molecule has 0 spiro atoms. The van der Waals surface area contributed by atoms with E-state index in [4.69, 9.17) is 5.11 Å². The molecule has 3 nitrogen and oxygen atoms in total. The molecule has 12 heavy (non-hydrogen) atoms. The summed E-state index contributed by atoms with van der Waals surface area (Å²) in [5, 5.41) is 12.0. The largest absolute Gasteiger partial charge is 0.481 e. The van der Waals surface area contributed by atoms with Crippen molar-refractivity contribution in [3.05, 3.63) is 0 Å². The van der Waals surface area contributed by atoms with Gasteiger partial charge in [-0.3, -0.25) is 4.79 Å². The third-order valence-corrected chi connectivity index (χ3v) is 2.20. The summed E-state index contributed by atoms with van der Waals surface area (Å²) in [7, 11) is 0. The van der Waals surface area contributed by atoms with Crippen molar-refractivity contribution in [3.8, 4) is 0 Å².